The van der Waals surface area contributed by atoms with Gasteiger partial charge in [-0.1, -0.05) is 0 Å². The molecule has 15 heavy (non-hydrogen) atoms. The Balaban J connectivity index is 2.90. The Morgan fingerprint density at radius 3 is 2.87 bits per heavy atom. The fourth-order valence-electron chi connectivity index (χ4n) is 1.59. The summed E-state index contributed by atoms with van der Waals surface area (Å²) in [6.45, 7) is 5.33. The Hall–Kier alpha value is -1.13. The Morgan fingerprint density at radius 1 is 1.60 bits per heavy atom. The van der Waals surface area contributed by atoms with Gasteiger partial charge in [0.1, 0.15) is 5.82 Å². The summed E-state index contributed by atoms with van der Waals surface area (Å²) in [5, 5.41) is 3.19. The minimum atomic E-state index is 0.110. The summed E-state index contributed by atoms with van der Waals surface area (Å²) in [5.74, 6) is 0.578. The Labute approximate surface area is 90.8 Å². The van der Waals surface area contributed by atoms with Crippen LogP contribution in [0.15, 0.2) is 12.3 Å². The maximum absolute atomic E-state index is 5.86. The lowest BCUT2D eigenvalue weighted by Crippen LogP contribution is -2.24. The summed E-state index contributed by atoms with van der Waals surface area (Å²) in [6.07, 6.45) is 1.72. The van der Waals surface area contributed by atoms with Gasteiger partial charge in [-0.05, 0) is 32.5 Å². The quantitative estimate of drug-likeness (QED) is 0.766. The molecule has 1 rings (SSSR count). The van der Waals surface area contributed by atoms with Crippen LogP contribution in [0.4, 0.5) is 5.82 Å². The lowest BCUT2D eigenvalue weighted by Gasteiger charge is -2.19. The predicted octanol–water partition coefficient (Wildman–Crippen LogP) is 1.27. The van der Waals surface area contributed by atoms with Crippen LogP contribution in [0.2, 0.25) is 0 Å². The average molecular weight is 209 g/mol. The highest BCUT2D eigenvalue weighted by Crippen LogP contribution is 2.22. The normalized spacial score (nSPS) is 12.7. The van der Waals surface area contributed by atoms with E-state index in [0.717, 1.165) is 11.1 Å². The molecule has 1 atom stereocenters. The van der Waals surface area contributed by atoms with Crippen LogP contribution >= 0.6 is 0 Å². The molecule has 0 aliphatic heterocycles. The van der Waals surface area contributed by atoms with E-state index in [-0.39, 0.29) is 6.04 Å². The van der Waals surface area contributed by atoms with Gasteiger partial charge in [-0.3, -0.25) is 0 Å². The highest BCUT2D eigenvalue weighted by Gasteiger charge is 2.15. The summed E-state index contributed by atoms with van der Waals surface area (Å²) in [4.78, 5) is 4.10. The number of anilines is 1. The molecule has 0 spiro atoms. The maximum atomic E-state index is 5.86. The molecule has 0 saturated carbocycles. The van der Waals surface area contributed by atoms with Crippen LogP contribution < -0.4 is 11.1 Å². The molecule has 3 N–H and O–H groups in total. The fourth-order valence-corrected chi connectivity index (χ4v) is 1.59. The minimum Gasteiger partial charge on any atom is -0.383 e. The molecular formula is C11H19N3O. The highest BCUT2D eigenvalue weighted by atomic mass is 16.5. The van der Waals surface area contributed by atoms with Gasteiger partial charge in [0.05, 0.1) is 12.6 Å². The molecule has 84 valence electrons. The number of ether oxygens (including phenoxy) is 1. The van der Waals surface area contributed by atoms with Gasteiger partial charge in [0.25, 0.3) is 0 Å². The molecule has 1 aromatic heterocycles. The second-order valence-corrected chi connectivity index (χ2v) is 3.43. The van der Waals surface area contributed by atoms with E-state index in [2.05, 4.69) is 10.3 Å². The second-order valence-electron chi connectivity index (χ2n) is 3.43. The van der Waals surface area contributed by atoms with Crippen molar-refractivity contribution in [3.63, 3.8) is 0 Å². The van der Waals surface area contributed by atoms with Crippen molar-refractivity contribution in [2.75, 3.05) is 26.0 Å². The monoisotopic (exact) mass is 209 g/mol. The summed E-state index contributed by atoms with van der Waals surface area (Å²) in [6, 6.07) is 2.07. The number of pyridine rings is 1. The Morgan fingerprint density at radius 2 is 2.33 bits per heavy atom. The number of nitrogens with two attached hydrogens (primary N) is 1. The topological polar surface area (TPSA) is 60.2 Å². The molecule has 4 nitrogen and oxygen atoms in total. The number of nitrogens with zero attached hydrogens (tertiary/aromatic N) is 1. The molecule has 1 heterocycles. The zero-order chi connectivity index (χ0) is 11.3. The van der Waals surface area contributed by atoms with Gasteiger partial charge in [-0.15, -0.1) is 0 Å². The first kappa shape index (κ1) is 11.9. The maximum Gasteiger partial charge on any atom is 0.128 e. The van der Waals surface area contributed by atoms with Crippen LogP contribution in [0.1, 0.15) is 24.1 Å². The van der Waals surface area contributed by atoms with Crippen LogP contribution in [-0.4, -0.2) is 25.2 Å². The van der Waals surface area contributed by atoms with Crippen molar-refractivity contribution < 1.29 is 4.74 Å². The average Bonchev–Trinajstić information content (AvgIpc) is 2.22. The third-order valence-corrected chi connectivity index (χ3v) is 2.42. The molecule has 0 fully saturated rings. The second kappa shape index (κ2) is 5.68. The summed E-state index contributed by atoms with van der Waals surface area (Å²) >= 11 is 0. The molecule has 0 aromatic carbocycles. The van der Waals surface area contributed by atoms with E-state index in [9.17, 15) is 0 Å². The molecule has 0 amide bonds. The smallest absolute Gasteiger partial charge is 0.128 e. The van der Waals surface area contributed by atoms with Crippen LogP contribution in [0.3, 0.4) is 0 Å². The number of rotatable bonds is 5. The number of hydrogen-bond acceptors (Lipinski definition) is 4. The van der Waals surface area contributed by atoms with Crippen LogP contribution in [0, 0.1) is 6.92 Å². The van der Waals surface area contributed by atoms with Crippen molar-refractivity contribution in [2.45, 2.75) is 19.9 Å². The number of aromatic nitrogens is 1. The molecule has 0 bridgehead atoms. The van der Waals surface area contributed by atoms with Crippen molar-refractivity contribution in [3.05, 3.63) is 23.4 Å². The van der Waals surface area contributed by atoms with Gasteiger partial charge in [0, 0.05) is 18.4 Å². The van der Waals surface area contributed by atoms with E-state index >= 15 is 0 Å². The predicted molar refractivity (Wildman–Crippen MR) is 61.7 cm³/mol. The molecule has 4 heteroatoms. The van der Waals surface area contributed by atoms with Gasteiger partial charge >= 0.3 is 0 Å². The van der Waals surface area contributed by atoms with Crippen molar-refractivity contribution in [1.29, 1.82) is 0 Å². The van der Waals surface area contributed by atoms with Gasteiger partial charge in [-0.25, -0.2) is 4.98 Å². The number of nitrogens with one attached hydrogen (secondary N) is 1. The number of hydrogen-bond donors (Lipinski definition) is 2. The SMILES string of the molecule is CCOCC(NC)c1c(C)ccnc1N. The van der Waals surface area contributed by atoms with E-state index < -0.39 is 0 Å². The Kier molecular flexibility index (Phi) is 4.52. The van der Waals surface area contributed by atoms with E-state index in [1.807, 2.05) is 27.0 Å². The van der Waals surface area contributed by atoms with Crippen LogP contribution in [0.5, 0.6) is 0 Å². The summed E-state index contributed by atoms with van der Waals surface area (Å²) in [5.41, 5.74) is 8.04. The van der Waals surface area contributed by atoms with Crippen molar-refractivity contribution in [3.8, 4) is 0 Å². The van der Waals surface area contributed by atoms with Crippen molar-refractivity contribution >= 4 is 5.82 Å². The third kappa shape index (κ3) is 2.91. The van der Waals surface area contributed by atoms with Crippen molar-refractivity contribution in [2.24, 2.45) is 0 Å². The molecule has 0 radical (unpaired) electrons. The zero-order valence-electron chi connectivity index (χ0n) is 9.58. The zero-order valence-corrected chi connectivity index (χ0v) is 9.58. The molecule has 1 unspecified atom stereocenters. The van der Waals surface area contributed by atoms with Gasteiger partial charge in [0.2, 0.25) is 0 Å². The standard InChI is InChI=1S/C11H19N3O/c1-4-15-7-9(13-3)10-8(2)5-6-14-11(10)12/h5-6,9,13H,4,7H2,1-3H3,(H2,12,14). The molecule has 0 saturated heterocycles. The van der Waals surface area contributed by atoms with Gasteiger partial charge < -0.3 is 15.8 Å². The first-order valence-corrected chi connectivity index (χ1v) is 5.16. The number of nitrogen functional groups attached to an aromatic ring is 1. The lowest BCUT2D eigenvalue weighted by molar-refractivity contribution is 0.125. The lowest BCUT2D eigenvalue weighted by atomic mass is 10.0. The van der Waals surface area contributed by atoms with E-state index in [1.165, 1.54) is 0 Å². The largest absolute Gasteiger partial charge is 0.383 e. The van der Waals surface area contributed by atoms with E-state index in [0.29, 0.717) is 19.0 Å². The number of aryl methyl sites for hydroxylation is 1. The third-order valence-electron chi connectivity index (χ3n) is 2.42. The van der Waals surface area contributed by atoms with Crippen molar-refractivity contribution in [1.82, 2.24) is 10.3 Å². The molecule has 0 aliphatic carbocycles. The van der Waals surface area contributed by atoms with E-state index in [1.54, 1.807) is 6.20 Å². The van der Waals surface area contributed by atoms with Crippen LogP contribution in [-0.2, 0) is 4.74 Å². The van der Waals surface area contributed by atoms with Gasteiger partial charge in [0.15, 0.2) is 0 Å². The summed E-state index contributed by atoms with van der Waals surface area (Å²) in [7, 11) is 1.90. The molecular weight excluding hydrogens is 190 g/mol. The van der Waals surface area contributed by atoms with Gasteiger partial charge in [-0.2, -0.15) is 0 Å². The fraction of sp³-hybridized carbons (Fsp3) is 0.545. The molecule has 0 aliphatic rings. The van der Waals surface area contributed by atoms with Crippen LogP contribution in [0.25, 0.3) is 0 Å². The Bertz CT molecular complexity index is 294. The summed E-state index contributed by atoms with van der Waals surface area (Å²) < 4.78 is 5.41. The first-order valence-electron chi connectivity index (χ1n) is 5.16. The number of likely N-dealkylation sites (N-methyl/N-ethyl adjacent to an activating group) is 1. The van der Waals surface area contributed by atoms with E-state index in [4.69, 9.17) is 10.5 Å². The highest BCUT2D eigenvalue weighted by molar-refractivity contribution is 5.46. The minimum absolute atomic E-state index is 0.110. The first-order chi connectivity index (χ1) is 7.20. The molecule has 1 aromatic rings.